The Kier molecular flexibility index (Phi) is 4.15. The van der Waals surface area contributed by atoms with E-state index in [1.54, 1.807) is 0 Å². The van der Waals surface area contributed by atoms with Crippen molar-refractivity contribution in [1.82, 2.24) is 10.2 Å². The molecular formula is C11H20N2O3. The average Bonchev–Trinajstić information content (AvgIpc) is 2.82. The number of rotatable bonds is 3. The smallest absolute Gasteiger partial charge is 0.251 e. The highest BCUT2D eigenvalue weighted by molar-refractivity contribution is 5.81. The van der Waals surface area contributed by atoms with Gasteiger partial charge < -0.3 is 19.7 Å². The van der Waals surface area contributed by atoms with Gasteiger partial charge in [0.2, 0.25) is 0 Å². The van der Waals surface area contributed by atoms with Crippen LogP contribution in [0.15, 0.2) is 0 Å². The Morgan fingerprint density at radius 3 is 3.00 bits per heavy atom. The van der Waals surface area contributed by atoms with Gasteiger partial charge in [-0.05, 0) is 19.9 Å². The summed E-state index contributed by atoms with van der Waals surface area (Å²) in [7, 11) is 1.89. The molecule has 5 heteroatoms. The van der Waals surface area contributed by atoms with E-state index in [-0.39, 0.29) is 18.1 Å². The Bertz CT molecular complexity index is 239. The number of nitrogens with one attached hydrogen (secondary N) is 1. The molecule has 0 saturated carbocycles. The van der Waals surface area contributed by atoms with Crippen molar-refractivity contribution in [1.29, 1.82) is 0 Å². The first-order chi connectivity index (χ1) is 7.81. The molecule has 16 heavy (non-hydrogen) atoms. The molecule has 0 bridgehead atoms. The monoisotopic (exact) mass is 228 g/mol. The molecule has 2 saturated heterocycles. The van der Waals surface area contributed by atoms with Crippen LogP contribution in [0, 0.1) is 0 Å². The highest BCUT2D eigenvalue weighted by Gasteiger charge is 2.31. The van der Waals surface area contributed by atoms with Crippen LogP contribution in [0.3, 0.4) is 0 Å². The molecule has 0 aromatic carbocycles. The lowest BCUT2D eigenvalue weighted by atomic mass is 10.2. The van der Waals surface area contributed by atoms with Crippen LogP contribution in [-0.4, -0.2) is 62.9 Å². The fraction of sp³-hybridized carbons (Fsp3) is 0.909. The SMILES string of the molecule is CNCC1CN(C(=O)C2CCCO2)CCO1. The van der Waals surface area contributed by atoms with Gasteiger partial charge in [-0.25, -0.2) is 0 Å². The molecule has 5 nitrogen and oxygen atoms in total. The van der Waals surface area contributed by atoms with Gasteiger partial charge in [-0.2, -0.15) is 0 Å². The number of ether oxygens (including phenoxy) is 2. The van der Waals surface area contributed by atoms with E-state index in [1.165, 1.54) is 0 Å². The predicted octanol–water partition coefficient (Wildman–Crippen LogP) is -0.388. The molecule has 2 aliphatic heterocycles. The third-order valence-electron chi connectivity index (χ3n) is 3.09. The van der Waals surface area contributed by atoms with E-state index in [4.69, 9.17) is 9.47 Å². The average molecular weight is 228 g/mol. The third-order valence-corrected chi connectivity index (χ3v) is 3.09. The van der Waals surface area contributed by atoms with Gasteiger partial charge >= 0.3 is 0 Å². The van der Waals surface area contributed by atoms with Crippen LogP contribution in [0.5, 0.6) is 0 Å². The lowest BCUT2D eigenvalue weighted by molar-refractivity contribution is -0.148. The molecule has 92 valence electrons. The highest BCUT2D eigenvalue weighted by Crippen LogP contribution is 2.16. The number of carbonyl (C=O) groups is 1. The van der Waals surface area contributed by atoms with Crippen LogP contribution in [0.2, 0.25) is 0 Å². The number of amides is 1. The van der Waals surface area contributed by atoms with Gasteiger partial charge in [0, 0.05) is 26.2 Å². The second-order valence-corrected chi connectivity index (χ2v) is 4.34. The van der Waals surface area contributed by atoms with E-state index >= 15 is 0 Å². The summed E-state index contributed by atoms with van der Waals surface area (Å²) < 4.78 is 11.0. The van der Waals surface area contributed by atoms with Crippen molar-refractivity contribution in [2.24, 2.45) is 0 Å². The Hall–Kier alpha value is -0.650. The number of carbonyl (C=O) groups excluding carboxylic acids is 1. The Morgan fingerprint density at radius 1 is 1.44 bits per heavy atom. The summed E-state index contributed by atoms with van der Waals surface area (Å²) in [5, 5.41) is 3.07. The fourth-order valence-electron chi connectivity index (χ4n) is 2.25. The molecule has 0 aliphatic carbocycles. The minimum atomic E-state index is -0.201. The van der Waals surface area contributed by atoms with Crippen LogP contribution in [0.4, 0.5) is 0 Å². The molecule has 0 radical (unpaired) electrons. The number of morpholine rings is 1. The summed E-state index contributed by atoms with van der Waals surface area (Å²) in [5.41, 5.74) is 0. The normalized spacial score (nSPS) is 30.7. The lowest BCUT2D eigenvalue weighted by Gasteiger charge is -2.34. The summed E-state index contributed by atoms with van der Waals surface area (Å²) >= 11 is 0. The lowest BCUT2D eigenvalue weighted by Crippen LogP contribution is -2.51. The van der Waals surface area contributed by atoms with Crippen molar-refractivity contribution in [2.75, 3.05) is 39.9 Å². The molecule has 0 aromatic rings. The first-order valence-corrected chi connectivity index (χ1v) is 5.98. The van der Waals surface area contributed by atoms with Crippen molar-refractivity contribution in [3.63, 3.8) is 0 Å². The molecule has 1 N–H and O–H groups in total. The second-order valence-electron chi connectivity index (χ2n) is 4.34. The number of hydrogen-bond acceptors (Lipinski definition) is 4. The maximum absolute atomic E-state index is 12.1. The second kappa shape index (κ2) is 5.61. The van der Waals surface area contributed by atoms with Crippen LogP contribution < -0.4 is 5.32 Å². The molecule has 1 amide bonds. The van der Waals surface area contributed by atoms with Crippen LogP contribution in [0.1, 0.15) is 12.8 Å². The maximum Gasteiger partial charge on any atom is 0.251 e. The third kappa shape index (κ3) is 2.72. The summed E-state index contributed by atoms with van der Waals surface area (Å²) in [4.78, 5) is 14.0. The van der Waals surface area contributed by atoms with Crippen LogP contribution in [0.25, 0.3) is 0 Å². The molecule has 2 aliphatic rings. The van der Waals surface area contributed by atoms with Gasteiger partial charge in [0.05, 0.1) is 12.7 Å². The molecule has 0 aromatic heterocycles. The summed E-state index contributed by atoms with van der Waals surface area (Å²) in [6, 6.07) is 0. The Morgan fingerprint density at radius 2 is 2.31 bits per heavy atom. The summed E-state index contributed by atoms with van der Waals surface area (Å²) in [6.07, 6.45) is 1.78. The predicted molar refractivity (Wildman–Crippen MR) is 59.2 cm³/mol. The summed E-state index contributed by atoms with van der Waals surface area (Å²) in [6.45, 7) is 3.51. The standard InChI is InChI=1S/C11H20N2O3/c1-12-7-9-8-13(4-6-15-9)11(14)10-3-2-5-16-10/h9-10,12H,2-8H2,1H3. The summed E-state index contributed by atoms with van der Waals surface area (Å²) in [5.74, 6) is 0.141. The quantitative estimate of drug-likeness (QED) is 0.715. The van der Waals surface area contributed by atoms with Gasteiger partial charge in [-0.3, -0.25) is 4.79 Å². The van der Waals surface area contributed by atoms with Crippen LogP contribution in [-0.2, 0) is 14.3 Å². The Labute approximate surface area is 96.1 Å². The van der Waals surface area contributed by atoms with Crippen molar-refractivity contribution >= 4 is 5.91 Å². The zero-order valence-corrected chi connectivity index (χ0v) is 9.78. The first-order valence-electron chi connectivity index (χ1n) is 5.98. The van der Waals surface area contributed by atoms with E-state index in [0.29, 0.717) is 19.7 Å². The van der Waals surface area contributed by atoms with Crippen molar-refractivity contribution in [3.05, 3.63) is 0 Å². The number of likely N-dealkylation sites (N-methyl/N-ethyl adjacent to an activating group) is 1. The molecule has 2 unspecified atom stereocenters. The van der Waals surface area contributed by atoms with E-state index < -0.39 is 0 Å². The van der Waals surface area contributed by atoms with Crippen LogP contribution >= 0.6 is 0 Å². The minimum Gasteiger partial charge on any atom is -0.373 e. The van der Waals surface area contributed by atoms with Gasteiger partial charge in [-0.15, -0.1) is 0 Å². The van der Waals surface area contributed by atoms with E-state index in [0.717, 1.165) is 26.0 Å². The molecule has 2 rings (SSSR count). The van der Waals surface area contributed by atoms with Gasteiger partial charge in [0.15, 0.2) is 0 Å². The zero-order valence-electron chi connectivity index (χ0n) is 9.78. The number of nitrogens with zero attached hydrogens (tertiary/aromatic N) is 1. The van der Waals surface area contributed by atoms with Crippen molar-refractivity contribution in [3.8, 4) is 0 Å². The minimum absolute atomic E-state index is 0.115. The van der Waals surface area contributed by atoms with Gasteiger partial charge in [0.25, 0.3) is 5.91 Å². The number of hydrogen-bond donors (Lipinski definition) is 1. The van der Waals surface area contributed by atoms with E-state index in [2.05, 4.69) is 5.32 Å². The van der Waals surface area contributed by atoms with Gasteiger partial charge in [-0.1, -0.05) is 0 Å². The Balaban J connectivity index is 1.85. The largest absolute Gasteiger partial charge is 0.373 e. The molecule has 2 heterocycles. The van der Waals surface area contributed by atoms with Gasteiger partial charge in [0.1, 0.15) is 6.10 Å². The molecular weight excluding hydrogens is 208 g/mol. The molecule has 0 spiro atoms. The molecule has 2 fully saturated rings. The highest BCUT2D eigenvalue weighted by atomic mass is 16.5. The van der Waals surface area contributed by atoms with E-state index in [1.807, 2.05) is 11.9 Å². The van der Waals surface area contributed by atoms with E-state index in [9.17, 15) is 4.79 Å². The van der Waals surface area contributed by atoms with Crippen molar-refractivity contribution in [2.45, 2.75) is 25.0 Å². The first kappa shape index (κ1) is 11.8. The zero-order chi connectivity index (χ0) is 11.4. The maximum atomic E-state index is 12.1. The molecule has 2 atom stereocenters. The fourth-order valence-corrected chi connectivity index (χ4v) is 2.25. The topological polar surface area (TPSA) is 50.8 Å². The van der Waals surface area contributed by atoms with Crippen molar-refractivity contribution < 1.29 is 14.3 Å².